The Balaban J connectivity index is 2.75. The highest BCUT2D eigenvalue weighted by Gasteiger charge is 2.30. The van der Waals surface area contributed by atoms with Crippen LogP contribution in [-0.2, 0) is 14.3 Å². The van der Waals surface area contributed by atoms with Crippen molar-refractivity contribution >= 4 is 23.8 Å². The Morgan fingerprint density at radius 1 is 0.964 bits per heavy atom. The second kappa shape index (κ2) is 11.1. The van der Waals surface area contributed by atoms with Crippen LogP contribution in [0.5, 0.6) is 0 Å². The third-order valence-electron chi connectivity index (χ3n) is 4.11. The predicted octanol–water partition coefficient (Wildman–Crippen LogP) is 2.00. The van der Waals surface area contributed by atoms with Crippen LogP contribution in [0.1, 0.15) is 51.4 Å². The smallest absolute Gasteiger partial charge is 0.329 e. The largest absolute Gasteiger partial charge is 0.451 e. The zero-order chi connectivity index (χ0) is 21.3. The second-order valence-electron chi connectivity index (χ2n) is 6.90. The first-order chi connectivity index (χ1) is 13.1. The number of hydrogen-bond donors (Lipinski definition) is 3. The molecule has 0 fully saturated rings. The molecule has 1 aromatic rings. The summed E-state index contributed by atoms with van der Waals surface area (Å²) in [4.78, 5) is 48.6. The van der Waals surface area contributed by atoms with Gasteiger partial charge in [-0.2, -0.15) is 0 Å². The molecular weight excluding hydrogens is 362 g/mol. The van der Waals surface area contributed by atoms with E-state index in [0.717, 1.165) is 0 Å². The fourth-order valence-corrected chi connectivity index (χ4v) is 2.30. The fraction of sp³-hybridized carbons (Fsp3) is 0.500. The van der Waals surface area contributed by atoms with Crippen LogP contribution in [0.15, 0.2) is 30.3 Å². The van der Waals surface area contributed by atoms with E-state index in [9.17, 15) is 19.2 Å². The molecule has 0 aliphatic carbocycles. The molecule has 8 nitrogen and oxygen atoms in total. The number of hydrogen-bond acceptors (Lipinski definition) is 5. The molecule has 0 saturated heterocycles. The maximum Gasteiger partial charge on any atom is 0.329 e. The van der Waals surface area contributed by atoms with Gasteiger partial charge in [-0.1, -0.05) is 38.5 Å². The van der Waals surface area contributed by atoms with Gasteiger partial charge >= 0.3 is 12.0 Å². The molecular formula is C20H29N3O5. The molecule has 0 radical (unpaired) electrons. The Kier molecular flexibility index (Phi) is 9.14. The molecule has 0 unspecified atom stereocenters. The number of rotatable bonds is 8. The first kappa shape index (κ1) is 23.1. The topological polar surface area (TPSA) is 114 Å². The monoisotopic (exact) mass is 391 g/mol. The number of urea groups is 1. The van der Waals surface area contributed by atoms with Gasteiger partial charge in [-0.05, 0) is 38.8 Å². The molecule has 0 aliphatic heterocycles. The van der Waals surface area contributed by atoms with Crippen molar-refractivity contribution < 1.29 is 23.9 Å². The first-order valence-electron chi connectivity index (χ1n) is 9.33. The molecule has 0 aliphatic rings. The van der Waals surface area contributed by atoms with E-state index in [0.29, 0.717) is 12.0 Å². The molecule has 8 heteroatoms. The van der Waals surface area contributed by atoms with Gasteiger partial charge in [0.05, 0.1) is 0 Å². The van der Waals surface area contributed by atoms with Gasteiger partial charge in [0.1, 0.15) is 6.04 Å². The summed E-state index contributed by atoms with van der Waals surface area (Å²) in [6, 6.07) is 6.77. The third kappa shape index (κ3) is 7.38. The minimum Gasteiger partial charge on any atom is -0.451 e. The van der Waals surface area contributed by atoms with Crippen molar-refractivity contribution in [3.63, 3.8) is 0 Å². The van der Waals surface area contributed by atoms with E-state index in [2.05, 4.69) is 16.0 Å². The number of nitrogens with one attached hydrogen (secondary N) is 3. The van der Waals surface area contributed by atoms with Gasteiger partial charge in [0.15, 0.2) is 6.10 Å². The molecule has 4 amide bonds. The number of carbonyl (C=O) groups is 4. The van der Waals surface area contributed by atoms with Crippen LogP contribution in [0.4, 0.5) is 4.79 Å². The molecule has 3 N–H and O–H groups in total. The lowest BCUT2D eigenvalue weighted by Gasteiger charge is -2.24. The van der Waals surface area contributed by atoms with E-state index in [1.807, 2.05) is 6.92 Å². The Bertz CT molecular complexity index is 690. The van der Waals surface area contributed by atoms with Crippen molar-refractivity contribution in [1.29, 1.82) is 0 Å². The highest BCUT2D eigenvalue weighted by molar-refractivity contribution is 5.99. The summed E-state index contributed by atoms with van der Waals surface area (Å²) in [5.41, 5.74) is 0.416. The Hall–Kier alpha value is -2.90. The molecule has 0 saturated carbocycles. The molecule has 0 heterocycles. The van der Waals surface area contributed by atoms with E-state index in [-0.39, 0.29) is 12.0 Å². The van der Waals surface area contributed by atoms with Crippen LogP contribution in [0.25, 0.3) is 0 Å². The first-order valence-corrected chi connectivity index (χ1v) is 9.33. The summed E-state index contributed by atoms with van der Waals surface area (Å²) < 4.78 is 5.19. The van der Waals surface area contributed by atoms with Gasteiger partial charge in [-0.25, -0.2) is 9.59 Å². The number of imide groups is 1. The Morgan fingerprint density at radius 2 is 1.57 bits per heavy atom. The van der Waals surface area contributed by atoms with Gasteiger partial charge < -0.3 is 15.4 Å². The van der Waals surface area contributed by atoms with Crippen molar-refractivity contribution in [2.24, 2.45) is 5.92 Å². The van der Waals surface area contributed by atoms with Crippen LogP contribution in [-0.4, -0.2) is 42.0 Å². The van der Waals surface area contributed by atoms with Gasteiger partial charge in [0.25, 0.3) is 11.8 Å². The number of ether oxygens (including phenoxy) is 1. The molecule has 0 bridgehead atoms. The molecule has 154 valence electrons. The second-order valence-corrected chi connectivity index (χ2v) is 6.90. The van der Waals surface area contributed by atoms with Crippen molar-refractivity contribution in [1.82, 2.24) is 16.0 Å². The van der Waals surface area contributed by atoms with Crippen molar-refractivity contribution in [3.8, 4) is 0 Å². The number of benzene rings is 1. The van der Waals surface area contributed by atoms with Gasteiger partial charge in [-0.15, -0.1) is 0 Å². The standard InChI is InChI=1S/C20H29N3O5/c1-6-13(4)16(22-18(25)15-10-8-7-9-11-15)19(26)28-14(5)17(24)23-20(27)21-12(2)3/h7-14,16H,6H2,1-5H3,(H,22,25)(H2,21,23,24,27)/t13-,14+,16-/m0/s1. The average Bonchev–Trinajstić information content (AvgIpc) is 2.64. The Morgan fingerprint density at radius 3 is 2.11 bits per heavy atom. The average molecular weight is 391 g/mol. The number of carbonyl (C=O) groups excluding carboxylic acids is 4. The molecule has 1 rings (SSSR count). The van der Waals surface area contributed by atoms with E-state index in [4.69, 9.17) is 4.74 Å². The van der Waals surface area contributed by atoms with E-state index < -0.39 is 36.0 Å². The molecule has 28 heavy (non-hydrogen) atoms. The lowest BCUT2D eigenvalue weighted by Crippen LogP contribution is -2.50. The fourth-order valence-electron chi connectivity index (χ4n) is 2.30. The zero-order valence-corrected chi connectivity index (χ0v) is 16.9. The predicted molar refractivity (Wildman–Crippen MR) is 105 cm³/mol. The zero-order valence-electron chi connectivity index (χ0n) is 16.9. The van der Waals surface area contributed by atoms with Crippen molar-refractivity contribution in [2.75, 3.05) is 0 Å². The maximum atomic E-state index is 12.6. The van der Waals surface area contributed by atoms with Crippen LogP contribution >= 0.6 is 0 Å². The lowest BCUT2D eigenvalue weighted by atomic mass is 9.98. The molecule has 3 atom stereocenters. The van der Waals surface area contributed by atoms with Crippen LogP contribution < -0.4 is 16.0 Å². The van der Waals surface area contributed by atoms with Gasteiger partial charge in [0.2, 0.25) is 0 Å². The summed E-state index contributed by atoms with van der Waals surface area (Å²) >= 11 is 0. The molecule has 0 spiro atoms. The van der Waals surface area contributed by atoms with Crippen LogP contribution in [0.3, 0.4) is 0 Å². The van der Waals surface area contributed by atoms with E-state index in [1.165, 1.54) is 6.92 Å². The van der Waals surface area contributed by atoms with Gasteiger partial charge in [-0.3, -0.25) is 14.9 Å². The quantitative estimate of drug-likeness (QED) is 0.587. The minimum absolute atomic E-state index is 0.145. The third-order valence-corrected chi connectivity index (χ3v) is 4.11. The Labute approximate surface area is 165 Å². The minimum atomic E-state index is -1.19. The van der Waals surface area contributed by atoms with E-state index >= 15 is 0 Å². The van der Waals surface area contributed by atoms with Gasteiger partial charge in [0, 0.05) is 11.6 Å². The highest BCUT2D eigenvalue weighted by atomic mass is 16.5. The molecule has 1 aromatic carbocycles. The number of amides is 4. The van der Waals surface area contributed by atoms with Crippen molar-refractivity contribution in [2.45, 2.75) is 59.2 Å². The van der Waals surface area contributed by atoms with Crippen molar-refractivity contribution in [3.05, 3.63) is 35.9 Å². The summed E-state index contributed by atoms with van der Waals surface area (Å²) in [7, 11) is 0. The van der Waals surface area contributed by atoms with Crippen LogP contribution in [0.2, 0.25) is 0 Å². The number of esters is 1. The maximum absolute atomic E-state index is 12.6. The normalized spacial score (nSPS) is 13.8. The summed E-state index contributed by atoms with van der Waals surface area (Å²) in [6.45, 7) is 8.55. The molecule has 0 aromatic heterocycles. The van der Waals surface area contributed by atoms with E-state index in [1.54, 1.807) is 51.1 Å². The lowest BCUT2D eigenvalue weighted by molar-refractivity contribution is -0.157. The SMILES string of the molecule is CC[C@H](C)[C@H](NC(=O)c1ccccc1)C(=O)O[C@H](C)C(=O)NC(=O)NC(C)C. The summed E-state index contributed by atoms with van der Waals surface area (Å²) in [5, 5.41) is 7.29. The highest BCUT2D eigenvalue weighted by Crippen LogP contribution is 2.12. The summed E-state index contributed by atoms with van der Waals surface area (Å²) in [6.07, 6.45) is -0.572. The summed E-state index contributed by atoms with van der Waals surface area (Å²) in [5.74, 6) is -2.09. The van der Waals surface area contributed by atoms with Crippen LogP contribution in [0, 0.1) is 5.92 Å².